The lowest BCUT2D eigenvalue weighted by molar-refractivity contribution is -0.143. The normalized spacial score (nSPS) is 18.9. The lowest BCUT2D eigenvalue weighted by Gasteiger charge is -2.44. The molecule has 0 spiro atoms. The van der Waals surface area contributed by atoms with Crippen molar-refractivity contribution in [2.45, 2.75) is 56.5 Å². The Morgan fingerprint density at radius 1 is 0.979 bits per heavy atom. The monoisotopic (exact) mass is 708 g/mol. The number of piperazine rings is 1. The van der Waals surface area contributed by atoms with E-state index in [9.17, 15) is 40.6 Å². The molecule has 256 valence electrons. The first kappa shape index (κ1) is 36.7. The number of pyridine rings is 1. The van der Waals surface area contributed by atoms with Gasteiger partial charge in [-0.25, -0.2) is 9.37 Å². The minimum atomic E-state index is -5.09. The molecule has 0 unspecified atom stereocenters. The highest BCUT2D eigenvalue weighted by molar-refractivity contribution is 6.33. The molecule has 2 saturated heterocycles. The highest BCUT2D eigenvalue weighted by Gasteiger charge is 2.42. The second-order valence-corrected chi connectivity index (χ2v) is 12.7. The van der Waals surface area contributed by atoms with Gasteiger partial charge in [-0.2, -0.15) is 26.3 Å². The van der Waals surface area contributed by atoms with Crippen molar-refractivity contribution in [3.05, 3.63) is 76.2 Å². The molecule has 1 aromatic heterocycles. The molecule has 47 heavy (non-hydrogen) atoms. The van der Waals surface area contributed by atoms with E-state index in [-0.39, 0.29) is 47.9 Å². The third-order valence-corrected chi connectivity index (χ3v) is 9.21. The number of carbonyl (C=O) groups is 1. The molecule has 1 N–H and O–H groups in total. The number of fused-ring (bicyclic) bond motifs is 1. The van der Waals surface area contributed by atoms with Gasteiger partial charge < -0.3 is 14.9 Å². The number of aliphatic hydroxyl groups is 1. The number of amides is 1. The summed E-state index contributed by atoms with van der Waals surface area (Å²) in [6.45, 7) is 4.44. The fourth-order valence-electron chi connectivity index (χ4n) is 6.28. The van der Waals surface area contributed by atoms with Crippen LogP contribution >= 0.6 is 24.0 Å². The van der Waals surface area contributed by atoms with Gasteiger partial charge in [-0.1, -0.05) is 11.6 Å². The zero-order valence-electron chi connectivity index (χ0n) is 25.6. The Hall–Kier alpha value is -3.13. The quantitative estimate of drug-likeness (QED) is 0.268. The number of aromatic nitrogens is 1. The van der Waals surface area contributed by atoms with Crippen molar-refractivity contribution < 1.29 is 40.6 Å². The molecule has 2 aromatic carbocycles. The van der Waals surface area contributed by atoms with Gasteiger partial charge in [-0.05, 0) is 81.3 Å². The van der Waals surface area contributed by atoms with Gasteiger partial charge in [0.25, 0.3) is 0 Å². The van der Waals surface area contributed by atoms with Crippen molar-refractivity contribution >= 4 is 41.4 Å². The van der Waals surface area contributed by atoms with Crippen LogP contribution in [-0.4, -0.2) is 66.3 Å². The van der Waals surface area contributed by atoms with E-state index in [0.29, 0.717) is 42.2 Å². The van der Waals surface area contributed by atoms with Crippen LogP contribution in [0.15, 0.2) is 48.7 Å². The molecule has 2 aliphatic heterocycles. The van der Waals surface area contributed by atoms with Crippen molar-refractivity contribution in [1.82, 2.24) is 9.88 Å². The van der Waals surface area contributed by atoms with Gasteiger partial charge >= 0.3 is 12.4 Å². The summed E-state index contributed by atoms with van der Waals surface area (Å²) >= 11 is 6.46. The Morgan fingerprint density at radius 2 is 1.60 bits per heavy atom. The van der Waals surface area contributed by atoms with Gasteiger partial charge in [-0.3, -0.25) is 9.69 Å². The lowest BCUT2D eigenvalue weighted by Crippen LogP contribution is -2.57. The van der Waals surface area contributed by atoms with Crippen molar-refractivity contribution in [2.75, 3.05) is 43.1 Å². The van der Waals surface area contributed by atoms with Crippen LogP contribution < -0.4 is 9.80 Å². The number of hydrogen-bond donors (Lipinski definition) is 1. The van der Waals surface area contributed by atoms with Crippen LogP contribution in [0.2, 0.25) is 5.02 Å². The lowest BCUT2D eigenvalue weighted by atomic mass is 9.81. The molecule has 2 aliphatic rings. The molecule has 1 amide bonds. The number of benzene rings is 2. The molecule has 0 aliphatic carbocycles. The number of nitrogens with zero attached hydrogens (tertiary/aromatic N) is 4. The Kier molecular flexibility index (Phi) is 10.5. The molecule has 6 nitrogen and oxygen atoms in total. The van der Waals surface area contributed by atoms with Gasteiger partial charge in [0.15, 0.2) is 0 Å². The predicted molar refractivity (Wildman–Crippen MR) is 168 cm³/mol. The van der Waals surface area contributed by atoms with Crippen molar-refractivity contribution in [1.29, 1.82) is 0 Å². The molecule has 0 bridgehead atoms. The summed E-state index contributed by atoms with van der Waals surface area (Å²) in [6.07, 6.45) is -6.83. The molecular formula is C32H33Cl2F7N4O2. The van der Waals surface area contributed by atoms with Crippen molar-refractivity contribution in [3.63, 3.8) is 0 Å². The number of likely N-dealkylation sites (N-methyl/N-ethyl adjacent to an activating group) is 1. The van der Waals surface area contributed by atoms with Crippen LogP contribution in [0.3, 0.4) is 0 Å². The minimum absolute atomic E-state index is 0. The number of alkyl halides is 6. The Morgan fingerprint density at radius 3 is 2.17 bits per heavy atom. The summed E-state index contributed by atoms with van der Waals surface area (Å²) in [5, 5.41) is 10.2. The highest BCUT2D eigenvalue weighted by atomic mass is 35.5. The largest absolute Gasteiger partial charge is 0.416 e. The maximum absolute atomic E-state index is 14.1. The molecule has 15 heteroatoms. The van der Waals surface area contributed by atoms with Crippen LogP contribution in [0.4, 0.5) is 42.2 Å². The number of halogens is 9. The smallest absolute Gasteiger partial charge is 0.394 e. The Bertz CT molecular complexity index is 1600. The summed E-state index contributed by atoms with van der Waals surface area (Å²) in [6, 6.07) is 6.36. The second kappa shape index (κ2) is 13.4. The average molecular weight is 710 g/mol. The fourth-order valence-corrected chi connectivity index (χ4v) is 6.55. The van der Waals surface area contributed by atoms with E-state index in [1.54, 1.807) is 6.07 Å². The predicted octanol–water partition coefficient (Wildman–Crippen LogP) is 7.59. The van der Waals surface area contributed by atoms with Gasteiger partial charge in [0.05, 0.1) is 46.1 Å². The van der Waals surface area contributed by atoms with Crippen molar-refractivity contribution in [3.8, 4) is 11.1 Å². The molecule has 3 aromatic rings. The Balaban J connectivity index is 0.00000500. The second-order valence-electron chi connectivity index (χ2n) is 12.2. The maximum Gasteiger partial charge on any atom is 0.416 e. The fraction of sp³-hybridized carbons (Fsp3) is 0.438. The van der Waals surface area contributed by atoms with Gasteiger partial charge in [-0.15, -0.1) is 12.4 Å². The first-order chi connectivity index (χ1) is 21.4. The average Bonchev–Trinajstić information content (AvgIpc) is 3.46. The van der Waals surface area contributed by atoms with Gasteiger partial charge in [0, 0.05) is 37.3 Å². The summed E-state index contributed by atoms with van der Waals surface area (Å²) in [7, 11) is 1.33. The zero-order valence-corrected chi connectivity index (χ0v) is 27.2. The summed E-state index contributed by atoms with van der Waals surface area (Å²) in [5.41, 5.74) is -4.65. The molecule has 2 fully saturated rings. The topological polar surface area (TPSA) is 59.9 Å². The molecule has 2 atom stereocenters. The molecule has 5 rings (SSSR count). The molecular weight excluding hydrogens is 676 g/mol. The summed E-state index contributed by atoms with van der Waals surface area (Å²) in [5.74, 6) is -0.989. The molecule has 0 saturated carbocycles. The maximum atomic E-state index is 14.1. The van der Waals surface area contributed by atoms with E-state index in [1.165, 1.54) is 39.2 Å². The summed E-state index contributed by atoms with van der Waals surface area (Å²) in [4.78, 5) is 24.0. The Labute approximate surface area is 278 Å². The van der Waals surface area contributed by atoms with E-state index in [2.05, 4.69) is 9.88 Å². The number of anilines is 2. The third-order valence-electron chi connectivity index (χ3n) is 8.90. The SMILES string of the molecule is CN(C(=O)C(C)(C)c1cc(C(F)(F)F)cc(C(F)(F)F)c1)c1cnc(N2C[C@H]3CCCN3C[C@@H]2CO)cc1-c1ccc(F)cc1Cl.Cl. The van der Waals surface area contributed by atoms with E-state index < -0.39 is 46.2 Å². The third kappa shape index (κ3) is 7.33. The summed E-state index contributed by atoms with van der Waals surface area (Å²) < 4.78 is 95.9. The molecule has 3 heterocycles. The first-order valence-electron chi connectivity index (χ1n) is 14.6. The zero-order chi connectivity index (χ0) is 33.8. The van der Waals surface area contributed by atoms with E-state index in [1.807, 2.05) is 4.90 Å². The van der Waals surface area contributed by atoms with Crippen LogP contribution in [0, 0.1) is 5.82 Å². The number of hydrogen-bond acceptors (Lipinski definition) is 5. The van der Waals surface area contributed by atoms with Gasteiger partial charge in [0.1, 0.15) is 11.6 Å². The van der Waals surface area contributed by atoms with Crippen LogP contribution in [0.1, 0.15) is 43.4 Å². The van der Waals surface area contributed by atoms with Gasteiger partial charge in [0.2, 0.25) is 5.91 Å². The van der Waals surface area contributed by atoms with Crippen LogP contribution in [-0.2, 0) is 22.6 Å². The first-order valence-corrected chi connectivity index (χ1v) is 14.9. The van der Waals surface area contributed by atoms with Crippen LogP contribution in [0.5, 0.6) is 0 Å². The molecule has 0 radical (unpaired) electrons. The van der Waals surface area contributed by atoms with Crippen molar-refractivity contribution in [2.24, 2.45) is 0 Å². The number of rotatable bonds is 6. The van der Waals surface area contributed by atoms with Crippen LogP contribution in [0.25, 0.3) is 11.1 Å². The standard InChI is InChI=1S/C32H32ClF7N4O2.ClH/c1-30(2,18-9-19(31(35,36)37)11-20(10-18)32(38,39)40)29(46)42(3)27-14-41-28(13-25(27)24-7-6-21(34)12-26(24)33)44-16-22-5-4-8-43(22)15-23(44)17-45;/h6-7,9-14,22-23,45H,4-5,8,15-17H2,1-3H3;1H/t22-,23-;/m1./s1. The number of carbonyl (C=O) groups excluding carboxylic acids is 1. The minimum Gasteiger partial charge on any atom is -0.394 e. The highest BCUT2D eigenvalue weighted by Crippen LogP contribution is 2.42. The van der Waals surface area contributed by atoms with E-state index in [4.69, 9.17) is 11.6 Å². The van der Waals surface area contributed by atoms with E-state index >= 15 is 0 Å². The number of aliphatic hydroxyl groups excluding tert-OH is 1. The van der Waals surface area contributed by atoms with E-state index in [0.717, 1.165) is 30.4 Å².